The van der Waals surface area contributed by atoms with Crippen molar-refractivity contribution in [3.8, 4) is 50.9 Å². The summed E-state index contributed by atoms with van der Waals surface area (Å²) in [5.41, 5.74) is 5.97. The van der Waals surface area contributed by atoms with Crippen LogP contribution in [-0.4, -0.2) is 26.3 Å². The van der Waals surface area contributed by atoms with Crippen molar-refractivity contribution >= 4 is 0 Å². The fraction of sp³-hybridized carbons (Fsp3) is 0.115. The third-order valence-corrected chi connectivity index (χ3v) is 5.00. The Bertz CT molecular complexity index is 1070. The molecule has 0 N–H and O–H groups in total. The molecule has 4 aromatic rings. The van der Waals surface area contributed by atoms with E-state index in [9.17, 15) is 0 Å². The Balaban J connectivity index is 1.85. The van der Waals surface area contributed by atoms with Crippen LogP contribution in [0.15, 0.2) is 84.9 Å². The number of hydrogen-bond acceptors (Lipinski definition) is 4. The van der Waals surface area contributed by atoms with Gasteiger partial charge in [-0.2, -0.15) is 0 Å². The molecule has 0 radical (unpaired) electrons. The van der Waals surface area contributed by atoms with Crippen LogP contribution in [0.5, 0.6) is 17.2 Å². The maximum atomic E-state index is 5.40. The molecule has 0 aliphatic rings. The second-order valence-electron chi connectivity index (χ2n) is 6.82. The molecule has 4 heteroatoms. The fourth-order valence-electron chi connectivity index (χ4n) is 3.32. The smallest absolute Gasteiger partial charge is 0.119 e. The third kappa shape index (κ3) is 4.13. The van der Waals surface area contributed by atoms with Crippen LogP contribution in [0.3, 0.4) is 0 Å². The first-order chi connectivity index (χ1) is 14.7. The van der Waals surface area contributed by atoms with Gasteiger partial charge < -0.3 is 14.2 Å². The molecule has 150 valence electrons. The predicted molar refractivity (Wildman–Crippen MR) is 120 cm³/mol. The molecule has 0 atom stereocenters. The first kappa shape index (κ1) is 19.5. The number of aromatic nitrogens is 1. The van der Waals surface area contributed by atoms with E-state index in [1.807, 2.05) is 60.7 Å². The second kappa shape index (κ2) is 8.70. The molecular weight excluding hydrogens is 374 g/mol. The SMILES string of the molecule is COc1ccc(-c2cc(-c3ccc(OC)cc3)nc(-c3cccc(OC)c3)c2)cc1. The molecule has 4 rings (SSSR count). The molecule has 0 aliphatic carbocycles. The standard InChI is InChI=1S/C26H23NO3/c1-28-22-11-7-18(8-12-22)21-16-25(19-9-13-23(29-2)14-10-19)27-26(17-21)20-5-4-6-24(15-20)30-3/h4-17H,1-3H3. The lowest BCUT2D eigenvalue weighted by atomic mass is 10.00. The number of nitrogens with zero attached hydrogens (tertiary/aromatic N) is 1. The van der Waals surface area contributed by atoms with E-state index in [-0.39, 0.29) is 0 Å². The van der Waals surface area contributed by atoms with Crippen LogP contribution < -0.4 is 14.2 Å². The lowest BCUT2D eigenvalue weighted by Gasteiger charge is -2.12. The van der Waals surface area contributed by atoms with Gasteiger partial charge in [0, 0.05) is 11.1 Å². The zero-order chi connectivity index (χ0) is 20.9. The van der Waals surface area contributed by atoms with E-state index in [2.05, 4.69) is 24.3 Å². The summed E-state index contributed by atoms with van der Waals surface area (Å²) in [4.78, 5) is 4.94. The van der Waals surface area contributed by atoms with Gasteiger partial charge in [0.2, 0.25) is 0 Å². The summed E-state index contributed by atoms with van der Waals surface area (Å²) < 4.78 is 16.0. The summed E-state index contributed by atoms with van der Waals surface area (Å²) in [6.07, 6.45) is 0. The molecule has 1 heterocycles. The van der Waals surface area contributed by atoms with Gasteiger partial charge in [-0.1, -0.05) is 24.3 Å². The maximum absolute atomic E-state index is 5.40. The molecule has 30 heavy (non-hydrogen) atoms. The van der Waals surface area contributed by atoms with Crippen LogP contribution in [0.25, 0.3) is 33.6 Å². The summed E-state index contributed by atoms with van der Waals surface area (Å²) in [6.45, 7) is 0. The number of rotatable bonds is 6. The monoisotopic (exact) mass is 397 g/mol. The minimum Gasteiger partial charge on any atom is -0.497 e. The van der Waals surface area contributed by atoms with Gasteiger partial charge in [0.1, 0.15) is 17.2 Å². The molecule has 0 spiro atoms. The molecule has 1 aromatic heterocycles. The number of benzene rings is 3. The van der Waals surface area contributed by atoms with Crippen LogP contribution in [0.1, 0.15) is 0 Å². The van der Waals surface area contributed by atoms with E-state index in [0.717, 1.165) is 50.9 Å². The normalized spacial score (nSPS) is 10.5. The van der Waals surface area contributed by atoms with E-state index in [1.165, 1.54) is 0 Å². The van der Waals surface area contributed by atoms with Crippen molar-refractivity contribution in [3.63, 3.8) is 0 Å². The molecule has 0 bridgehead atoms. The van der Waals surface area contributed by atoms with Crippen molar-refractivity contribution in [2.45, 2.75) is 0 Å². The molecule has 3 aromatic carbocycles. The minimum absolute atomic E-state index is 0.801. The van der Waals surface area contributed by atoms with Crippen LogP contribution in [-0.2, 0) is 0 Å². The number of pyridine rings is 1. The highest BCUT2D eigenvalue weighted by atomic mass is 16.5. The van der Waals surface area contributed by atoms with Crippen LogP contribution in [0, 0.1) is 0 Å². The molecule has 0 saturated heterocycles. The number of hydrogen-bond donors (Lipinski definition) is 0. The summed E-state index contributed by atoms with van der Waals surface area (Å²) in [5, 5.41) is 0. The number of methoxy groups -OCH3 is 3. The Morgan fingerprint density at radius 3 is 1.57 bits per heavy atom. The van der Waals surface area contributed by atoms with E-state index in [0.29, 0.717) is 0 Å². The molecular formula is C26H23NO3. The largest absolute Gasteiger partial charge is 0.497 e. The first-order valence-electron chi connectivity index (χ1n) is 9.65. The van der Waals surface area contributed by atoms with Crippen LogP contribution >= 0.6 is 0 Å². The summed E-state index contributed by atoms with van der Waals surface area (Å²) in [7, 11) is 5.01. The van der Waals surface area contributed by atoms with E-state index >= 15 is 0 Å². The van der Waals surface area contributed by atoms with Gasteiger partial charge in [-0.25, -0.2) is 4.98 Å². The summed E-state index contributed by atoms with van der Waals surface area (Å²) in [5.74, 6) is 2.45. The fourth-order valence-corrected chi connectivity index (χ4v) is 3.32. The molecule has 0 amide bonds. The lowest BCUT2D eigenvalue weighted by molar-refractivity contribution is 0.415. The van der Waals surface area contributed by atoms with Gasteiger partial charge in [-0.05, 0) is 71.8 Å². The highest BCUT2D eigenvalue weighted by molar-refractivity contribution is 5.77. The van der Waals surface area contributed by atoms with Crippen molar-refractivity contribution in [1.29, 1.82) is 0 Å². The Morgan fingerprint density at radius 1 is 0.467 bits per heavy atom. The third-order valence-electron chi connectivity index (χ3n) is 5.00. The summed E-state index contributed by atoms with van der Waals surface area (Å²) >= 11 is 0. The molecule has 0 saturated carbocycles. The molecule has 0 unspecified atom stereocenters. The highest BCUT2D eigenvalue weighted by Gasteiger charge is 2.10. The quantitative estimate of drug-likeness (QED) is 0.394. The Labute approximate surface area is 176 Å². The Morgan fingerprint density at radius 2 is 1.00 bits per heavy atom. The Hall–Kier alpha value is -3.79. The predicted octanol–water partition coefficient (Wildman–Crippen LogP) is 6.11. The summed E-state index contributed by atoms with van der Waals surface area (Å²) in [6, 6.07) is 28.1. The van der Waals surface area contributed by atoms with Crippen molar-refractivity contribution in [2.24, 2.45) is 0 Å². The highest BCUT2D eigenvalue weighted by Crippen LogP contribution is 2.32. The van der Waals surface area contributed by atoms with E-state index < -0.39 is 0 Å². The average molecular weight is 397 g/mol. The second-order valence-corrected chi connectivity index (χ2v) is 6.82. The van der Waals surface area contributed by atoms with Crippen LogP contribution in [0.2, 0.25) is 0 Å². The zero-order valence-electron chi connectivity index (χ0n) is 17.3. The maximum Gasteiger partial charge on any atom is 0.119 e. The average Bonchev–Trinajstić information content (AvgIpc) is 2.84. The molecule has 0 aliphatic heterocycles. The topological polar surface area (TPSA) is 40.6 Å². The van der Waals surface area contributed by atoms with Crippen LogP contribution in [0.4, 0.5) is 0 Å². The first-order valence-corrected chi connectivity index (χ1v) is 9.65. The van der Waals surface area contributed by atoms with E-state index in [4.69, 9.17) is 19.2 Å². The van der Waals surface area contributed by atoms with Gasteiger partial charge in [-0.3, -0.25) is 0 Å². The van der Waals surface area contributed by atoms with Gasteiger partial charge in [-0.15, -0.1) is 0 Å². The lowest BCUT2D eigenvalue weighted by Crippen LogP contribution is -1.92. The van der Waals surface area contributed by atoms with Gasteiger partial charge in [0.15, 0.2) is 0 Å². The van der Waals surface area contributed by atoms with Gasteiger partial charge in [0.05, 0.1) is 32.7 Å². The zero-order valence-corrected chi connectivity index (χ0v) is 17.3. The van der Waals surface area contributed by atoms with Gasteiger partial charge in [0.25, 0.3) is 0 Å². The van der Waals surface area contributed by atoms with Crippen molar-refractivity contribution < 1.29 is 14.2 Å². The van der Waals surface area contributed by atoms with Crippen molar-refractivity contribution in [2.75, 3.05) is 21.3 Å². The van der Waals surface area contributed by atoms with Crippen molar-refractivity contribution in [3.05, 3.63) is 84.9 Å². The minimum atomic E-state index is 0.801. The Kier molecular flexibility index (Phi) is 5.66. The number of ether oxygens (including phenoxy) is 3. The van der Waals surface area contributed by atoms with E-state index in [1.54, 1.807) is 21.3 Å². The van der Waals surface area contributed by atoms with Gasteiger partial charge >= 0.3 is 0 Å². The molecule has 4 nitrogen and oxygen atoms in total. The molecule has 0 fully saturated rings. The van der Waals surface area contributed by atoms with Crippen molar-refractivity contribution in [1.82, 2.24) is 4.98 Å².